The van der Waals surface area contributed by atoms with Gasteiger partial charge in [0.15, 0.2) is 11.5 Å². The van der Waals surface area contributed by atoms with E-state index in [1.54, 1.807) is 25.5 Å². The van der Waals surface area contributed by atoms with Crippen LogP contribution in [-0.2, 0) is 9.59 Å². The van der Waals surface area contributed by atoms with Crippen molar-refractivity contribution < 1.29 is 19.1 Å². The largest absolute Gasteiger partial charge is 0.493 e. The molecule has 0 N–H and O–H groups in total. The Morgan fingerprint density at radius 1 is 1.11 bits per heavy atom. The van der Waals surface area contributed by atoms with Crippen molar-refractivity contribution in [2.45, 2.75) is 13.3 Å². The first-order valence-corrected chi connectivity index (χ1v) is 9.55. The monoisotopic (exact) mass is 366 g/mol. The van der Waals surface area contributed by atoms with Gasteiger partial charge in [-0.3, -0.25) is 9.59 Å². The van der Waals surface area contributed by atoms with E-state index in [4.69, 9.17) is 9.47 Å². The molecular formula is C21H22N2O4. The number of amides is 2. The molecule has 3 fully saturated rings. The molecule has 0 radical (unpaired) electrons. The average Bonchev–Trinajstić information content (AvgIpc) is 3.46. The number of hydrogen-bond acceptors (Lipinski definition) is 5. The van der Waals surface area contributed by atoms with E-state index in [1.165, 1.54) is 0 Å². The van der Waals surface area contributed by atoms with Crippen molar-refractivity contribution in [3.63, 3.8) is 0 Å². The van der Waals surface area contributed by atoms with Crippen molar-refractivity contribution >= 4 is 18.0 Å². The topological polar surface area (TPSA) is 68.2 Å². The Kier molecular flexibility index (Phi) is 3.64. The van der Waals surface area contributed by atoms with Gasteiger partial charge in [-0.1, -0.05) is 12.2 Å². The summed E-state index contributed by atoms with van der Waals surface area (Å²) >= 11 is 0. The van der Waals surface area contributed by atoms with E-state index in [0.717, 1.165) is 17.0 Å². The molecule has 6 atom stereocenters. The number of rotatable bonds is 5. The fourth-order valence-electron chi connectivity index (χ4n) is 5.22. The molecule has 1 heterocycles. The molecule has 2 bridgehead atoms. The molecule has 140 valence electrons. The lowest BCUT2D eigenvalue weighted by molar-refractivity contribution is -0.140. The number of hydrazone groups is 1. The average molecular weight is 366 g/mol. The van der Waals surface area contributed by atoms with Gasteiger partial charge in [-0.05, 0) is 60.8 Å². The lowest BCUT2D eigenvalue weighted by Crippen LogP contribution is -2.40. The third-order valence-corrected chi connectivity index (χ3v) is 6.45. The molecule has 4 aliphatic carbocycles. The normalized spacial score (nSPS) is 35.6. The van der Waals surface area contributed by atoms with Crippen molar-refractivity contribution in [1.29, 1.82) is 0 Å². The van der Waals surface area contributed by atoms with E-state index in [0.29, 0.717) is 29.9 Å². The minimum atomic E-state index is -0.219. The van der Waals surface area contributed by atoms with Crippen molar-refractivity contribution in [2.24, 2.45) is 40.6 Å². The van der Waals surface area contributed by atoms with Crippen molar-refractivity contribution in [2.75, 3.05) is 13.7 Å². The lowest BCUT2D eigenvalue weighted by atomic mass is 9.63. The smallest absolute Gasteiger partial charge is 0.254 e. The van der Waals surface area contributed by atoms with Crippen LogP contribution in [0.3, 0.4) is 0 Å². The second-order valence-electron chi connectivity index (χ2n) is 7.73. The standard InChI is InChI=1S/C21H22N2O4/c1-3-27-17-8-11(4-7-16(17)26-2)10-22-23-20(24)18-12-5-6-13(15-9-14(12)15)19(18)21(23)25/h4-8,10,12-15,18-19H,3,9H2,1-2H3/b22-10-/t12-,13-,14-,15+,18-,19+/m0/s1. The number of nitrogens with zero attached hydrogens (tertiary/aromatic N) is 2. The second-order valence-corrected chi connectivity index (χ2v) is 7.73. The zero-order valence-corrected chi connectivity index (χ0v) is 15.4. The molecule has 0 spiro atoms. The van der Waals surface area contributed by atoms with E-state index in [1.807, 2.05) is 13.0 Å². The number of ether oxygens (including phenoxy) is 2. The summed E-state index contributed by atoms with van der Waals surface area (Å²) in [5.41, 5.74) is 0.749. The van der Waals surface area contributed by atoms with Gasteiger partial charge in [0, 0.05) is 0 Å². The number of carbonyl (C=O) groups is 2. The highest BCUT2D eigenvalue weighted by atomic mass is 16.5. The van der Waals surface area contributed by atoms with Gasteiger partial charge in [0.25, 0.3) is 11.8 Å². The van der Waals surface area contributed by atoms with Crippen LogP contribution in [0.4, 0.5) is 0 Å². The molecule has 5 aliphatic rings. The van der Waals surface area contributed by atoms with Gasteiger partial charge in [0.2, 0.25) is 0 Å². The van der Waals surface area contributed by atoms with Crippen molar-refractivity contribution in [3.05, 3.63) is 35.9 Å². The molecular weight excluding hydrogens is 344 g/mol. The van der Waals surface area contributed by atoms with Crippen LogP contribution in [0.25, 0.3) is 0 Å². The van der Waals surface area contributed by atoms with E-state index in [9.17, 15) is 9.59 Å². The summed E-state index contributed by atoms with van der Waals surface area (Å²) in [6.07, 6.45) is 7.03. The Hall–Kier alpha value is -2.63. The fourth-order valence-corrected chi connectivity index (χ4v) is 5.22. The number of methoxy groups -OCH3 is 1. The molecule has 6 heteroatoms. The maximum absolute atomic E-state index is 12.9. The first kappa shape index (κ1) is 16.5. The van der Waals surface area contributed by atoms with E-state index < -0.39 is 0 Å². The van der Waals surface area contributed by atoms with E-state index in [2.05, 4.69) is 17.3 Å². The van der Waals surface area contributed by atoms with Gasteiger partial charge in [0.1, 0.15) is 0 Å². The number of hydrogen-bond donors (Lipinski definition) is 0. The highest BCUT2D eigenvalue weighted by Gasteiger charge is 2.67. The van der Waals surface area contributed by atoms with Gasteiger partial charge >= 0.3 is 0 Å². The molecule has 1 aromatic rings. The third-order valence-electron chi connectivity index (χ3n) is 6.45. The maximum Gasteiger partial charge on any atom is 0.254 e. The first-order chi connectivity index (χ1) is 13.1. The number of carbonyl (C=O) groups excluding carboxylic acids is 2. The van der Waals surface area contributed by atoms with Crippen LogP contribution in [0.1, 0.15) is 18.9 Å². The maximum atomic E-state index is 12.9. The summed E-state index contributed by atoms with van der Waals surface area (Å²) in [7, 11) is 1.59. The predicted molar refractivity (Wildman–Crippen MR) is 98.3 cm³/mol. The van der Waals surface area contributed by atoms with Gasteiger partial charge in [-0.25, -0.2) is 0 Å². The van der Waals surface area contributed by atoms with Crippen LogP contribution in [0.15, 0.2) is 35.5 Å². The lowest BCUT2D eigenvalue weighted by Gasteiger charge is -2.37. The third kappa shape index (κ3) is 2.35. The van der Waals surface area contributed by atoms with Gasteiger partial charge in [-0.2, -0.15) is 10.1 Å². The molecule has 2 amide bonds. The minimum absolute atomic E-state index is 0.149. The molecule has 6 nitrogen and oxygen atoms in total. The molecule has 1 aromatic carbocycles. The zero-order chi connectivity index (χ0) is 18.7. The molecule has 6 rings (SSSR count). The Morgan fingerprint density at radius 2 is 1.78 bits per heavy atom. The van der Waals surface area contributed by atoms with Gasteiger partial charge in [0.05, 0.1) is 31.8 Å². The molecule has 2 saturated carbocycles. The van der Waals surface area contributed by atoms with E-state index in [-0.39, 0.29) is 35.5 Å². The Morgan fingerprint density at radius 3 is 2.37 bits per heavy atom. The van der Waals surface area contributed by atoms with Crippen LogP contribution in [0, 0.1) is 35.5 Å². The molecule has 0 aromatic heterocycles. The highest BCUT2D eigenvalue weighted by Crippen LogP contribution is 2.65. The Balaban J connectivity index is 1.40. The first-order valence-electron chi connectivity index (χ1n) is 9.55. The molecule has 1 saturated heterocycles. The Bertz CT molecular complexity index is 841. The second kappa shape index (κ2) is 5.94. The molecule has 0 unspecified atom stereocenters. The molecule has 1 aliphatic heterocycles. The number of benzene rings is 1. The molecule has 27 heavy (non-hydrogen) atoms. The van der Waals surface area contributed by atoms with Crippen molar-refractivity contribution in [3.8, 4) is 11.5 Å². The van der Waals surface area contributed by atoms with Crippen LogP contribution < -0.4 is 9.47 Å². The van der Waals surface area contributed by atoms with Gasteiger partial charge < -0.3 is 9.47 Å². The summed E-state index contributed by atoms with van der Waals surface area (Å²) in [6, 6.07) is 5.41. The van der Waals surface area contributed by atoms with Crippen LogP contribution >= 0.6 is 0 Å². The predicted octanol–water partition coefficient (Wildman–Crippen LogP) is 2.48. The fraction of sp³-hybridized carbons (Fsp3) is 0.476. The van der Waals surface area contributed by atoms with E-state index >= 15 is 0 Å². The van der Waals surface area contributed by atoms with Crippen molar-refractivity contribution in [1.82, 2.24) is 5.01 Å². The van der Waals surface area contributed by atoms with Crippen LogP contribution in [0.5, 0.6) is 11.5 Å². The Labute approximate surface area is 157 Å². The van der Waals surface area contributed by atoms with Crippen LogP contribution in [0.2, 0.25) is 0 Å². The number of allylic oxidation sites excluding steroid dienone is 2. The van der Waals surface area contributed by atoms with Gasteiger partial charge in [-0.15, -0.1) is 0 Å². The summed E-state index contributed by atoms with van der Waals surface area (Å²) in [5, 5.41) is 5.35. The minimum Gasteiger partial charge on any atom is -0.493 e. The van der Waals surface area contributed by atoms with Crippen LogP contribution in [-0.4, -0.2) is 36.8 Å². The summed E-state index contributed by atoms with van der Waals surface area (Å²) in [4.78, 5) is 25.8. The summed E-state index contributed by atoms with van der Waals surface area (Å²) < 4.78 is 10.8. The summed E-state index contributed by atoms with van der Waals surface area (Å²) in [5.74, 6) is 2.13. The number of imide groups is 1. The summed E-state index contributed by atoms with van der Waals surface area (Å²) in [6.45, 7) is 2.41. The zero-order valence-electron chi connectivity index (χ0n) is 15.4. The quantitative estimate of drug-likeness (QED) is 0.456. The SMILES string of the molecule is CCOc1cc(/C=N\N2C(=O)[C@@H]3[C@H]4C=C[C@@H]([C@@H]5C[C@H]45)[C@@H]3C2=O)ccc1OC. The highest BCUT2D eigenvalue weighted by molar-refractivity contribution is 6.06.